The van der Waals surface area contributed by atoms with Crippen LogP contribution in [-0.2, 0) is 24.5 Å². The zero-order valence-corrected chi connectivity index (χ0v) is 16.7. The molecule has 6 heteroatoms. The van der Waals surface area contributed by atoms with Crippen LogP contribution in [0.1, 0.15) is 31.7 Å². The first-order valence-corrected chi connectivity index (χ1v) is 10.0. The molecule has 3 heterocycles. The van der Waals surface area contributed by atoms with Gasteiger partial charge in [-0.15, -0.1) is 0 Å². The molecule has 6 nitrogen and oxygen atoms in total. The van der Waals surface area contributed by atoms with E-state index in [2.05, 4.69) is 23.2 Å². The van der Waals surface area contributed by atoms with Crippen molar-refractivity contribution in [3.05, 3.63) is 41.7 Å². The van der Waals surface area contributed by atoms with E-state index in [4.69, 9.17) is 9.47 Å². The van der Waals surface area contributed by atoms with E-state index in [-0.39, 0.29) is 23.6 Å². The van der Waals surface area contributed by atoms with Crippen molar-refractivity contribution in [3.63, 3.8) is 0 Å². The van der Waals surface area contributed by atoms with Gasteiger partial charge in [-0.25, -0.2) is 4.79 Å². The first-order valence-electron chi connectivity index (χ1n) is 10.0. The smallest absolute Gasteiger partial charge is 0.372 e. The number of hydrogen-bond donors (Lipinski definition) is 1. The fraction of sp³-hybridized carbons (Fsp3) is 0.545. The van der Waals surface area contributed by atoms with Gasteiger partial charge in [-0.3, -0.25) is 9.69 Å². The van der Waals surface area contributed by atoms with Gasteiger partial charge >= 0.3 is 5.97 Å². The lowest BCUT2D eigenvalue weighted by Crippen LogP contribution is -2.53. The van der Waals surface area contributed by atoms with E-state index in [9.17, 15) is 9.59 Å². The normalized spacial score (nSPS) is 32.0. The van der Waals surface area contributed by atoms with E-state index < -0.39 is 11.4 Å². The van der Waals surface area contributed by atoms with Crippen LogP contribution in [0, 0.1) is 11.8 Å². The van der Waals surface area contributed by atoms with Crippen molar-refractivity contribution in [3.8, 4) is 0 Å². The van der Waals surface area contributed by atoms with E-state index in [1.807, 2.05) is 24.3 Å². The summed E-state index contributed by atoms with van der Waals surface area (Å²) in [6.45, 7) is 4.03. The Morgan fingerprint density at radius 1 is 1.32 bits per heavy atom. The average Bonchev–Trinajstić information content (AvgIpc) is 3.23. The number of esters is 1. The predicted molar refractivity (Wildman–Crippen MR) is 106 cm³/mol. The van der Waals surface area contributed by atoms with Crippen molar-refractivity contribution in [2.75, 3.05) is 32.6 Å². The maximum absolute atomic E-state index is 13.1. The van der Waals surface area contributed by atoms with Gasteiger partial charge in [0.25, 0.3) is 0 Å². The van der Waals surface area contributed by atoms with Crippen molar-refractivity contribution in [1.82, 2.24) is 4.90 Å². The standard InChI is InChI=1S/C22H28N2O4/c1-4-14-13-24-10-9-22(16-7-5-6-8-17(16)23-21(22)26)19(24)12-15(14)11-18(27-2)20(25)28-3/h5-8,11,14-15,19H,4,9-10,12-13H2,1-3H3,(H,23,26)/b18-11-/t14?,15-,19?,22?/m0/s1. The van der Waals surface area contributed by atoms with Crippen LogP contribution in [0.4, 0.5) is 5.69 Å². The molecule has 4 atom stereocenters. The SMILES string of the molecule is CCC1CN2CCC3(C(=O)Nc4ccccc43)C2C[C@@H]1/C=C(\OC)C(=O)OC. The largest absolute Gasteiger partial charge is 0.490 e. The van der Waals surface area contributed by atoms with Gasteiger partial charge in [-0.05, 0) is 48.9 Å². The lowest BCUT2D eigenvalue weighted by molar-refractivity contribution is -0.139. The number of nitrogens with one attached hydrogen (secondary N) is 1. The number of rotatable bonds is 4. The number of methoxy groups -OCH3 is 2. The van der Waals surface area contributed by atoms with Crippen LogP contribution in [0.25, 0.3) is 0 Å². The number of amides is 1. The Balaban J connectivity index is 1.70. The maximum atomic E-state index is 13.1. The number of fused-ring (bicyclic) bond motifs is 4. The fourth-order valence-electron chi connectivity index (χ4n) is 5.48. The van der Waals surface area contributed by atoms with E-state index >= 15 is 0 Å². The molecule has 1 amide bonds. The molecule has 3 aliphatic heterocycles. The van der Waals surface area contributed by atoms with Crippen LogP contribution in [0.3, 0.4) is 0 Å². The molecule has 2 saturated heterocycles. The summed E-state index contributed by atoms with van der Waals surface area (Å²) in [6.07, 6.45) is 4.59. The molecule has 150 valence electrons. The summed E-state index contributed by atoms with van der Waals surface area (Å²) < 4.78 is 10.1. The van der Waals surface area contributed by atoms with Crippen molar-refractivity contribution in [2.24, 2.45) is 11.8 Å². The van der Waals surface area contributed by atoms with E-state index in [1.165, 1.54) is 14.2 Å². The predicted octanol–water partition coefficient (Wildman–Crippen LogP) is 2.70. The molecule has 0 saturated carbocycles. The molecule has 1 aromatic carbocycles. The van der Waals surface area contributed by atoms with Gasteiger partial charge in [0.15, 0.2) is 0 Å². The lowest BCUT2D eigenvalue weighted by atomic mass is 9.69. The Hall–Kier alpha value is -2.34. The van der Waals surface area contributed by atoms with Gasteiger partial charge in [0.2, 0.25) is 11.7 Å². The van der Waals surface area contributed by atoms with Gasteiger partial charge in [0.1, 0.15) is 0 Å². The molecule has 1 spiro atoms. The molecule has 28 heavy (non-hydrogen) atoms. The van der Waals surface area contributed by atoms with Crippen LogP contribution in [0.5, 0.6) is 0 Å². The number of benzene rings is 1. The van der Waals surface area contributed by atoms with Crippen LogP contribution in [0.2, 0.25) is 0 Å². The van der Waals surface area contributed by atoms with Crippen molar-refractivity contribution >= 4 is 17.6 Å². The zero-order chi connectivity index (χ0) is 19.9. The van der Waals surface area contributed by atoms with Gasteiger partial charge in [0, 0.05) is 18.3 Å². The number of anilines is 1. The van der Waals surface area contributed by atoms with Gasteiger partial charge < -0.3 is 14.8 Å². The van der Waals surface area contributed by atoms with Crippen LogP contribution >= 0.6 is 0 Å². The number of carbonyl (C=O) groups excluding carboxylic acids is 2. The summed E-state index contributed by atoms with van der Waals surface area (Å²) in [6, 6.07) is 8.17. The highest BCUT2D eigenvalue weighted by molar-refractivity contribution is 6.07. The molecular weight excluding hydrogens is 356 g/mol. The molecule has 2 fully saturated rings. The third kappa shape index (κ3) is 2.73. The van der Waals surface area contributed by atoms with E-state index in [0.29, 0.717) is 5.92 Å². The number of allylic oxidation sites excluding steroid dienone is 1. The second-order valence-corrected chi connectivity index (χ2v) is 8.03. The highest BCUT2D eigenvalue weighted by Crippen LogP contribution is 2.52. The van der Waals surface area contributed by atoms with Gasteiger partial charge in [-0.1, -0.05) is 31.5 Å². The summed E-state index contributed by atoms with van der Waals surface area (Å²) in [5.74, 6) is 0.489. The van der Waals surface area contributed by atoms with Crippen LogP contribution < -0.4 is 5.32 Å². The topological polar surface area (TPSA) is 67.9 Å². The maximum Gasteiger partial charge on any atom is 0.372 e. The summed E-state index contributed by atoms with van der Waals surface area (Å²) >= 11 is 0. The quantitative estimate of drug-likeness (QED) is 0.491. The Morgan fingerprint density at radius 3 is 2.82 bits per heavy atom. The second-order valence-electron chi connectivity index (χ2n) is 8.03. The molecular formula is C22H28N2O4. The summed E-state index contributed by atoms with van der Waals surface area (Å²) in [5, 5.41) is 3.10. The summed E-state index contributed by atoms with van der Waals surface area (Å²) in [5.41, 5.74) is 1.55. The van der Waals surface area contributed by atoms with Crippen molar-refractivity contribution in [1.29, 1.82) is 0 Å². The molecule has 1 N–H and O–H groups in total. The van der Waals surface area contributed by atoms with Crippen LogP contribution in [-0.4, -0.2) is 50.1 Å². The molecule has 4 rings (SSSR count). The minimum absolute atomic E-state index is 0.110. The first-order chi connectivity index (χ1) is 13.5. The minimum atomic E-state index is -0.500. The molecule has 1 aromatic rings. The monoisotopic (exact) mass is 384 g/mol. The van der Waals surface area contributed by atoms with Crippen LogP contribution in [0.15, 0.2) is 36.1 Å². The third-order valence-corrected chi connectivity index (χ3v) is 6.93. The van der Waals surface area contributed by atoms with Crippen molar-refractivity contribution < 1.29 is 19.1 Å². The third-order valence-electron chi connectivity index (χ3n) is 6.93. The van der Waals surface area contributed by atoms with Gasteiger partial charge in [0.05, 0.1) is 19.6 Å². The second kappa shape index (κ2) is 7.24. The highest BCUT2D eigenvalue weighted by Gasteiger charge is 2.59. The Bertz CT molecular complexity index is 821. The first kappa shape index (κ1) is 19.0. The zero-order valence-electron chi connectivity index (χ0n) is 16.7. The van der Waals surface area contributed by atoms with E-state index in [0.717, 1.165) is 43.6 Å². The fourth-order valence-corrected chi connectivity index (χ4v) is 5.48. The number of para-hydroxylation sites is 1. The molecule has 3 aliphatic rings. The number of piperidine rings is 1. The number of ether oxygens (including phenoxy) is 2. The van der Waals surface area contributed by atoms with E-state index in [1.54, 1.807) is 0 Å². The molecule has 3 unspecified atom stereocenters. The number of carbonyl (C=O) groups is 2. The van der Waals surface area contributed by atoms with Crippen molar-refractivity contribution in [2.45, 2.75) is 37.6 Å². The number of hydrogen-bond acceptors (Lipinski definition) is 5. The molecule has 0 aromatic heterocycles. The van der Waals surface area contributed by atoms with Gasteiger partial charge in [-0.2, -0.15) is 0 Å². The summed E-state index contributed by atoms with van der Waals surface area (Å²) in [7, 11) is 2.86. The molecule has 0 radical (unpaired) electrons. The minimum Gasteiger partial charge on any atom is -0.490 e. The Morgan fingerprint density at radius 2 is 2.11 bits per heavy atom. The Kier molecular flexibility index (Phi) is 4.91. The average molecular weight is 384 g/mol. The highest BCUT2D eigenvalue weighted by atomic mass is 16.6. The molecule has 0 bridgehead atoms. The summed E-state index contributed by atoms with van der Waals surface area (Å²) in [4.78, 5) is 27.6. The number of nitrogens with zero attached hydrogens (tertiary/aromatic N) is 1. The Labute approximate surface area is 165 Å². The lowest BCUT2D eigenvalue weighted by Gasteiger charge is -2.44. The molecule has 0 aliphatic carbocycles.